The summed E-state index contributed by atoms with van der Waals surface area (Å²) in [4.78, 5) is 11.8. The fraction of sp³-hybridized carbons (Fsp3) is 0.200. The Kier molecular flexibility index (Phi) is 3.59. The van der Waals surface area contributed by atoms with Crippen molar-refractivity contribution in [1.29, 1.82) is 0 Å². The van der Waals surface area contributed by atoms with E-state index >= 15 is 0 Å². The maximum atomic E-state index is 11.8. The van der Waals surface area contributed by atoms with Crippen molar-refractivity contribution in [2.24, 2.45) is 0 Å². The summed E-state index contributed by atoms with van der Waals surface area (Å²) in [5.41, 5.74) is 1.42. The van der Waals surface area contributed by atoms with Gasteiger partial charge >= 0.3 is 0 Å². The Morgan fingerprint density at radius 3 is 3.06 bits per heavy atom. The SMILES string of the molecule is CCn1cc(NC(=O)c2csc(I)c2)cn1. The zero-order valence-electron chi connectivity index (χ0n) is 8.61. The van der Waals surface area contributed by atoms with Gasteiger partial charge in [-0.1, -0.05) is 0 Å². The minimum atomic E-state index is -0.0881. The predicted molar refractivity (Wildman–Crippen MR) is 72.9 cm³/mol. The second-order valence-corrected chi connectivity index (χ2v) is 5.98. The second-order valence-electron chi connectivity index (χ2n) is 3.18. The average Bonchev–Trinajstić information content (AvgIpc) is 2.87. The highest BCUT2D eigenvalue weighted by atomic mass is 127. The summed E-state index contributed by atoms with van der Waals surface area (Å²) < 4.78 is 2.87. The number of hydrogen-bond donors (Lipinski definition) is 1. The molecule has 0 radical (unpaired) electrons. The van der Waals surface area contributed by atoms with Gasteiger partial charge in [0.1, 0.15) is 0 Å². The number of halogens is 1. The first-order valence-corrected chi connectivity index (χ1v) is 6.72. The minimum absolute atomic E-state index is 0.0881. The van der Waals surface area contributed by atoms with Crippen LogP contribution in [0.3, 0.4) is 0 Å². The maximum Gasteiger partial charge on any atom is 0.256 e. The van der Waals surface area contributed by atoms with Crippen LogP contribution in [0.1, 0.15) is 17.3 Å². The van der Waals surface area contributed by atoms with Gasteiger partial charge in [-0.25, -0.2) is 0 Å². The number of carbonyl (C=O) groups is 1. The highest BCUT2D eigenvalue weighted by Crippen LogP contribution is 2.17. The van der Waals surface area contributed by atoms with Crippen LogP contribution in [0.2, 0.25) is 0 Å². The number of nitrogens with one attached hydrogen (secondary N) is 1. The topological polar surface area (TPSA) is 46.9 Å². The molecule has 0 fully saturated rings. The van der Waals surface area contributed by atoms with Gasteiger partial charge in [-0.3, -0.25) is 9.48 Å². The summed E-state index contributed by atoms with van der Waals surface area (Å²) in [6.45, 7) is 2.80. The van der Waals surface area contributed by atoms with E-state index in [-0.39, 0.29) is 5.91 Å². The third-order valence-electron chi connectivity index (χ3n) is 2.04. The molecule has 6 heteroatoms. The van der Waals surface area contributed by atoms with Gasteiger partial charge in [-0.05, 0) is 35.6 Å². The standard InChI is InChI=1S/C10H10IN3OS/c1-2-14-5-8(4-12-14)13-10(15)7-3-9(11)16-6-7/h3-6H,2H2,1H3,(H,13,15). The molecule has 0 saturated heterocycles. The zero-order valence-corrected chi connectivity index (χ0v) is 11.6. The molecule has 84 valence electrons. The van der Waals surface area contributed by atoms with Crippen LogP contribution in [0.4, 0.5) is 5.69 Å². The summed E-state index contributed by atoms with van der Waals surface area (Å²) in [5, 5.41) is 8.75. The third-order valence-corrected chi connectivity index (χ3v) is 3.83. The van der Waals surface area contributed by atoms with Crippen molar-refractivity contribution < 1.29 is 4.79 Å². The summed E-state index contributed by atoms with van der Waals surface area (Å²) in [5.74, 6) is -0.0881. The first-order chi connectivity index (χ1) is 7.69. The Balaban J connectivity index is 2.07. The number of aryl methyl sites for hydroxylation is 1. The molecule has 2 aromatic heterocycles. The van der Waals surface area contributed by atoms with Crippen LogP contribution in [0.5, 0.6) is 0 Å². The highest BCUT2D eigenvalue weighted by molar-refractivity contribution is 14.1. The fourth-order valence-corrected chi connectivity index (χ4v) is 2.56. The molecule has 0 aliphatic rings. The van der Waals surface area contributed by atoms with Crippen molar-refractivity contribution in [3.05, 3.63) is 32.3 Å². The Morgan fingerprint density at radius 2 is 2.50 bits per heavy atom. The molecule has 0 atom stereocenters. The smallest absolute Gasteiger partial charge is 0.256 e. The molecule has 0 unspecified atom stereocenters. The first-order valence-electron chi connectivity index (χ1n) is 4.77. The fourth-order valence-electron chi connectivity index (χ4n) is 1.23. The zero-order chi connectivity index (χ0) is 11.5. The molecule has 0 aromatic carbocycles. The number of thiophene rings is 1. The van der Waals surface area contributed by atoms with E-state index in [4.69, 9.17) is 0 Å². The van der Waals surface area contributed by atoms with Crippen molar-refractivity contribution in [2.45, 2.75) is 13.5 Å². The van der Waals surface area contributed by atoms with E-state index in [1.807, 2.05) is 24.6 Å². The number of rotatable bonds is 3. The molecular weight excluding hydrogens is 337 g/mol. The monoisotopic (exact) mass is 347 g/mol. The van der Waals surface area contributed by atoms with E-state index < -0.39 is 0 Å². The summed E-state index contributed by atoms with van der Waals surface area (Å²) in [7, 11) is 0. The van der Waals surface area contributed by atoms with Gasteiger partial charge in [0.15, 0.2) is 0 Å². The van der Waals surface area contributed by atoms with E-state index in [1.165, 1.54) is 0 Å². The van der Waals surface area contributed by atoms with Crippen LogP contribution in [0.25, 0.3) is 0 Å². The van der Waals surface area contributed by atoms with Crippen LogP contribution >= 0.6 is 33.9 Å². The van der Waals surface area contributed by atoms with Crippen molar-refractivity contribution in [1.82, 2.24) is 9.78 Å². The van der Waals surface area contributed by atoms with Crippen molar-refractivity contribution in [2.75, 3.05) is 5.32 Å². The number of anilines is 1. The molecule has 0 bridgehead atoms. The summed E-state index contributed by atoms with van der Waals surface area (Å²) >= 11 is 3.76. The predicted octanol–water partition coefficient (Wildman–Crippen LogP) is 2.82. The van der Waals surface area contributed by atoms with Gasteiger partial charge in [0.2, 0.25) is 0 Å². The van der Waals surface area contributed by atoms with E-state index in [2.05, 4.69) is 33.0 Å². The summed E-state index contributed by atoms with van der Waals surface area (Å²) in [6.07, 6.45) is 3.47. The molecule has 0 spiro atoms. The molecule has 1 amide bonds. The molecule has 0 saturated carbocycles. The Labute approximate surface area is 111 Å². The van der Waals surface area contributed by atoms with Gasteiger partial charge in [-0.15, -0.1) is 11.3 Å². The molecule has 16 heavy (non-hydrogen) atoms. The maximum absolute atomic E-state index is 11.8. The van der Waals surface area contributed by atoms with Crippen LogP contribution in [-0.4, -0.2) is 15.7 Å². The lowest BCUT2D eigenvalue weighted by Crippen LogP contribution is -2.10. The van der Waals surface area contributed by atoms with Crippen molar-refractivity contribution in [3.8, 4) is 0 Å². The largest absolute Gasteiger partial charge is 0.319 e. The Hall–Kier alpha value is -0.890. The normalized spacial score (nSPS) is 10.4. The Morgan fingerprint density at radius 1 is 1.69 bits per heavy atom. The Bertz CT molecular complexity index is 506. The van der Waals surface area contributed by atoms with Gasteiger partial charge in [0, 0.05) is 18.1 Å². The van der Waals surface area contributed by atoms with Gasteiger partial charge < -0.3 is 5.32 Å². The highest BCUT2D eigenvalue weighted by Gasteiger charge is 2.08. The van der Waals surface area contributed by atoms with Crippen LogP contribution in [0.15, 0.2) is 23.8 Å². The van der Waals surface area contributed by atoms with Crippen LogP contribution < -0.4 is 5.32 Å². The van der Waals surface area contributed by atoms with Gasteiger partial charge in [0.25, 0.3) is 5.91 Å². The van der Waals surface area contributed by atoms with Crippen molar-refractivity contribution in [3.63, 3.8) is 0 Å². The second kappa shape index (κ2) is 4.96. The molecule has 1 N–H and O–H groups in total. The minimum Gasteiger partial charge on any atom is -0.319 e. The number of hydrogen-bond acceptors (Lipinski definition) is 3. The van der Waals surface area contributed by atoms with Gasteiger partial charge in [-0.2, -0.15) is 5.10 Å². The van der Waals surface area contributed by atoms with E-state index in [1.54, 1.807) is 22.2 Å². The molecule has 4 nitrogen and oxygen atoms in total. The van der Waals surface area contributed by atoms with Gasteiger partial charge in [0.05, 0.1) is 20.3 Å². The van der Waals surface area contributed by atoms with Crippen LogP contribution in [0, 0.1) is 2.88 Å². The molecule has 0 aliphatic heterocycles. The molecule has 0 aliphatic carbocycles. The molecule has 2 rings (SSSR count). The number of nitrogens with zero attached hydrogens (tertiary/aromatic N) is 2. The lowest BCUT2D eigenvalue weighted by molar-refractivity contribution is 0.102. The number of aromatic nitrogens is 2. The third kappa shape index (κ3) is 2.62. The molecular formula is C10H10IN3OS. The van der Waals surface area contributed by atoms with Crippen LogP contribution in [-0.2, 0) is 6.54 Å². The van der Waals surface area contributed by atoms with E-state index in [9.17, 15) is 4.79 Å². The number of amides is 1. The summed E-state index contributed by atoms with van der Waals surface area (Å²) in [6, 6.07) is 1.87. The lowest BCUT2D eigenvalue weighted by atomic mass is 10.3. The first kappa shape index (κ1) is 11.6. The quantitative estimate of drug-likeness (QED) is 0.868. The number of carbonyl (C=O) groups excluding carboxylic acids is 1. The molecule has 2 aromatic rings. The molecule has 2 heterocycles. The lowest BCUT2D eigenvalue weighted by Gasteiger charge is -1.98. The van der Waals surface area contributed by atoms with E-state index in [0.29, 0.717) is 5.56 Å². The van der Waals surface area contributed by atoms with E-state index in [0.717, 1.165) is 15.1 Å². The average molecular weight is 347 g/mol. The van der Waals surface area contributed by atoms with Crippen molar-refractivity contribution >= 4 is 45.5 Å².